The number of rotatable bonds is 1. The molecule has 1 amide bonds. The van der Waals surface area contributed by atoms with E-state index in [0.717, 1.165) is 18.2 Å². The van der Waals surface area contributed by atoms with Crippen LogP contribution < -0.4 is 9.46 Å². The van der Waals surface area contributed by atoms with Crippen molar-refractivity contribution in [3.05, 3.63) is 23.8 Å². The van der Waals surface area contributed by atoms with Gasteiger partial charge in [-0.05, 0) is 12.1 Å². The normalized spacial score (nSPS) is 17.5. The fourth-order valence-corrected chi connectivity index (χ4v) is 2.69. The number of ether oxygens (including phenoxy) is 1. The van der Waals surface area contributed by atoms with Gasteiger partial charge in [0.2, 0.25) is 0 Å². The van der Waals surface area contributed by atoms with E-state index in [9.17, 15) is 26.4 Å². The molecule has 0 aliphatic carbocycles. The number of sulfonamides is 1. The molecule has 0 atom stereocenters. The van der Waals surface area contributed by atoms with E-state index in [1.54, 1.807) is 4.72 Å². The Morgan fingerprint density at radius 3 is 2.47 bits per heavy atom. The molecule has 2 rings (SSSR count). The van der Waals surface area contributed by atoms with Crippen LogP contribution in [0, 0.1) is 0 Å². The zero-order chi connectivity index (χ0) is 12.8. The van der Waals surface area contributed by atoms with Crippen molar-refractivity contribution < 1.29 is 31.1 Å². The zero-order valence-corrected chi connectivity index (χ0v) is 8.72. The molecule has 0 unspecified atom stereocenters. The lowest BCUT2D eigenvalue weighted by atomic mass is 10.2. The second-order valence-electron chi connectivity index (χ2n) is 3.12. The smallest absolute Gasteiger partial charge is 0.404 e. The monoisotopic (exact) mass is 267 g/mol. The van der Waals surface area contributed by atoms with E-state index >= 15 is 0 Å². The minimum absolute atomic E-state index is 0.369. The summed E-state index contributed by atoms with van der Waals surface area (Å²) in [6.07, 6.45) is -5.03. The van der Waals surface area contributed by atoms with Gasteiger partial charge in [0.25, 0.3) is 15.9 Å². The highest BCUT2D eigenvalue weighted by atomic mass is 32.2. The lowest BCUT2D eigenvalue weighted by molar-refractivity contribution is -0.275. The van der Waals surface area contributed by atoms with E-state index in [1.807, 2.05) is 0 Å². The Balaban J connectivity index is 2.62. The second kappa shape index (κ2) is 3.36. The Kier molecular flexibility index (Phi) is 2.31. The van der Waals surface area contributed by atoms with Crippen molar-refractivity contribution in [2.75, 3.05) is 0 Å². The Morgan fingerprint density at radius 1 is 1.24 bits per heavy atom. The maximum Gasteiger partial charge on any atom is 0.573 e. The van der Waals surface area contributed by atoms with Gasteiger partial charge in [0, 0.05) is 0 Å². The number of carbonyl (C=O) groups is 1. The number of alkyl halides is 3. The molecule has 1 N–H and O–H groups in total. The number of halogens is 3. The van der Waals surface area contributed by atoms with Crippen molar-refractivity contribution >= 4 is 15.9 Å². The van der Waals surface area contributed by atoms with Crippen molar-refractivity contribution in [2.45, 2.75) is 11.3 Å². The minimum Gasteiger partial charge on any atom is -0.404 e. The maximum absolute atomic E-state index is 12.0. The van der Waals surface area contributed by atoms with E-state index in [4.69, 9.17) is 0 Å². The number of nitrogens with one attached hydrogen (secondary N) is 1. The highest BCUT2D eigenvalue weighted by Gasteiger charge is 2.40. The molecule has 0 fully saturated rings. The molecular formula is C8H4F3NO4S. The first-order valence-electron chi connectivity index (χ1n) is 4.16. The molecule has 0 saturated heterocycles. The summed E-state index contributed by atoms with van der Waals surface area (Å²) in [7, 11) is -4.28. The molecule has 1 aromatic rings. The summed E-state index contributed by atoms with van der Waals surface area (Å²) in [5, 5.41) is 0. The van der Waals surface area contributed by atoms with Gasteiger partial charge in [0.1, 0.15) is 4.90 Å². The number of hydrogen-bond donors (Lipinski definition) is 1. The standard InChI is InChI=1S/C8H4F3NO4S/c9-8(10,11)16-5-3-1-2-4-6(5)17(14,15)12-7(4)13/h1-3H,(H,12,13). The summed E-state index contributed by atoms with van der Waals surface area (Å²) in [5.74, 6) is -1.90. The summed E-state index contributed by atoms with van der Waals surface area (Å²) in [4.78, 5) is 10.4. The molecule has 0 spiro atoms. The molecule has 1 heterocycles. The quantitative estimate of drug-likeness (QED) is 0.824. The highest BCUT2D eigenvalue weighted by Crippen LogP contribution is 2.34. The fourth-order valence-electron chi connectivity index (χ4n) is 1.40. The fraction of sp³-hybridized carbons (Fsp3) is 0.125. The van der Waals surface area contributed by atoms with Crippen LogP contribution in [0.15, 0.2) is 23.1 Å². The summed E-state index contributed by atoms with van der Waals surface area (Å²) < 4.78 is 64.0. The van der Waals surface area contributed by atoms with Crippen molar-refractivity contribution in [3.63, 3.8) is 0 Å². The van der Waals surface area contributed by atoms with E-state index < -0.39 is 32.9 Å². The molecule has 1 aliphatic heterocycles. The highest BCUT2D eigenvalue weighted by molar-refractivity contribution is 7.90. The third-order valence-electron chi connectivity index (χ3n) is 1.95. The van der Waals surface area contributed by atoms with Crippen LogP contribution in [0.3, 0.4) is 0 Å². The van der Waals surface area contributed by atoms with Crippen molar-refractivity contribution in [1.29, 1.82) is 0 Å². The van der Waals surface area contributed by atoms with Gasteiger partial charge < -0.3 is 4.74 Å². The second-order valence-corrected chi connectivity index (χ2v) is 4.73. The zero-order valence-electron chi connectivity index (χ0n) is 7.91. The van der Waals surface area contributed by atoms with Crippen LogP contribution in [0.1, 0.15) is 10.4 Å². The maximum atomic E-state index is 12.0. The molecule has 1 aromatic carbocycles. The Hall–Kier alpha value is -1.77. The van der Waals surface area contributed by atoms with Crippen LogP contribution in [-0.4, -0.2) is 20.7 Å². The lowest BCUT2D eigenvalue weighted by Gasteiger charge is -2.10. The number of carbonyl (C=O) groups excluding carboxylic acids is 1. The summed E-state index contributed by atoms with van der Waals surface area (Å²) in [5.41, 5.74) is -0.369. The van der Waals surface area contributed by atoms with Crippen LogP contribution in [0.2, 0.25) is 0 Å². The number of fused-ring (bicyclic) bond motifs is 1. The average molecular weight is 267 g/mol. The topological polar surface area (TPSA) is 72.5 Å². The van der Waals surface area contributed by atoms with Crippen molar-refractivity contribution in [2.24, 2.45) is 0 Å². The first kappa shape index (κ1) is 11.7. The van der Waals surface area contributed by atoms with Gasteiger partial charge in [0.05, 0.1) is 5.56 Å². The Labute approximate surface area is 93.2 Å². The van der Waals surface area contributed by atoms with E-state index in [-0.39, 0.29) is 5.56 Å². The minimum atomic E-state index is -5.03. The van der Waals surface area contributed by atoms with Crippen LogP contribution >= 0.6 is 0 Å². The van der Waals surface area contributed by atoms with Gasteiger partial charge in [0.15, 0.2) is 5.75 Å². The first-order chi connectivity index (χ1) is 7.71. The van der Waals surface area contributed by atoms with E-state index in [2.05, 4.69) is 4.74 Å². The lowest BCUT2D eigenvalue weighted by Crippen LogP contribution is -2.22. The van der Waals surface area contributed by atoms with Crippen LogP contribution in [0.4, 0.5) is 13.2 Å². The van der Waals surface area contributed by atoms with Crippen LogP contribution in [0.25, 0.3) is 0 Å². The van der Waals surface area contributed by atoms with Crippen molar-refractivity contribution in [1.82, 2.24) is 4.72 Å². The van der Waals surface area contributed by atoms with Gasteiger partial charge in [-0.15, -0.1) is 13.2 Å². The molecule has 17 heavy (non-hydrogen) atoms. The number of hydrogen-bond acceptors (Lipinski definition) is 4. The number of amides is 1. The SMILES string of the molecule is O=C1NS(=O)(=O)c2c(OC(F)(F)F)cccc21. The third-order valence-corrected chi connectivity index (χ3v) is 3.36. The predicted molar refractivity (Wildman–Crippen MR) is 47.8 cm³/mol. The molecule has 0 radical (unpaired) electrons. The van der Waals surface area contributed by atoms with Crippen LogP contribution in [0.5, 0.6) is 5.75 Å². The van der Waals surface area contributed by atoms with E-state index in [0.29, 0.717) is 0 Å². The first-order valence-corrected chi connectivity index (χ1v) is 5.65. The third kappa shape index (κ3) is 2.05. The molecule has 0 saturated carbocycles. The average Bonchev–Trinajstić information content (AvgIpc) is 2.35. The number of benzene rings is 1. The Bertz CT molecular complexity index is 593. The van der Waals surface area contributed by atoms with Gasteiger partial charge in [-0.2, -0.15) is 0 Å². The summed E-state index contributed by atoms with van der Waals surface area (Å²) in [6, 6.07) is 3.02. The molecule has 9 heteroatoms. The molecule has 5 nitrogen and oxygen atoms in total. The predicted octanol–water partition coefficient (Wildman–Crippen LogP) is 1.02. The molecular weight excluding hydrogens is 263 g/mol. The Morgan fingerprint density at radius 2 is 1.88 bits per heavy atom. The van der Waals surface area contributed by atoms with E-state index in [1.165, 1.54) is 0 Å². The molecule has 1 aliphatic rings. The van der Waals surface area contributed by atoms with Gasteiger partial charge >= 0.3 is 6.36 Å². The van der Waals surface area contributed by atoms with Crippen molar-refractivity contribution in [3.8, 4) is 5.75 Å². The summed E-state index contributed by atoms with van der Waals surface area (Å²) >= 11 is 0. The molecule has 92 valence electrons. The van der Waals surface area contributed by atoms with Gasteiger partial charge in [-0.25, -0.2) is 13.1 Å². The summed E-state index contributed by atoms with van der Waals surface area (Å²) in [6.45, 7) is 0. The van der Waals surface area contributed by atoms with Gasteiger partial charge in [-0.1, -0.05) is 6.07 Å². The molecule has 0 aromatic heterocycles. The largest absolute Gasteiger partial charge is 0.573 e. The van der Waals surface area contributed by atoms with Crippen LogP contribution in [-0.2, 0) is 10.0 Å². The molecule has 0 bridgehead atoms. The van der Waals surface area contributed by atoms with Gasteiger partial charge in [-0.3, -0.25) is 4.79 Å².